The molecule has 20 heavy (non-hydrogen) atoms. The van der Waals surface area contributed by atoms with Gasteiger partial charge in [-0.1, -0.05) is 6.07 Å². The summed E-state index contributed by atoms with van der Waals surface area (Å²) in [5.41, 5.74) is 7.21. The van der Waals surface area contributed by atoms with E-state index in [9.17, 15) is 4.79 Å². The van der Waals surface area contributed by atoms with Gasteiger partial charge in [-0.05, 0) is 39.3 Å². The van der Waals surface area contributed by atoms with Crippen LogP contribution in [0.1, 0.15) is 38.7 Å². The number of carbonyl (C=O) groups is 1. The number of rotatable bonds is 2. The SMILES string of the molecule is CC(C)(C)OC(=O)NCC1CCOc2cccc(N)c21. The molecule has 1 aliphatic rings. The highest BCUT2D eigenvalue weighted by Crippen LogP contribution is 2.37. The third-order valence-electron chi connectivity index (χ3n) is 3.12. The minimum Gasteiger partial charge on any atom is -0.493 e. The molecule has 1 aliphatic heterocycles. The molecule has 0 fully saturated rings. The van der Waals surface area contributed by atoms with Crippen LogP contribution in [0.5, 0.6) is 5.75 Å². The molecule has 0 spiro atoms. The van der Waals surface area contributed by atoms with Crippen LogP contribution in [0, 0.1) is 0 Å². The number of ether oxygens (including phenoxy) is 2. The number of nitrogens with one attached hydrogen (secondary N) is 1. The van der Waals surface area contributed by atoms with Crippen LogP contribution in [0.3, 0.4) is 0 Å². The fraction of sp³-hybridized carbons (Fsp3) is 0.533. The predicted octanol–water partition coefficient (Wildman–Crippen LogP) is 2.66. The van der Waals surface area contributed by atoms with Gasteiger partial charge in [0.25, 0.3) is 0 Å². The van der Waals surface area contributed by atoms with E-state index in [1.54, 1.807) is 0 Å². The maximum atomic E-state index is 11.7. The van der Waals surface area contributed by atoms with Gasteiger partial charge < -0.3 is 20.5 Å². The van der Waals surface area contributed by atoms with Gasteiger partial charge in [0.2, 0.25) is 0 Å². The second-order valence-corrected chi connectivity index (χ2v) is 5.98. The van der Waals surface area contributed by atoms with Gasteiger partial charge in [0, 0.05) is 23.7 Å². The Hall–Kier alpha value is -1.91. The number of nitrogen functional groups attached to an aromatic ring is 1. The minimum atomic E-state index is -0.489. The van der Waals surface area contributed by atoms with Crippen LogP contribution in [0.2, 0.25) is 0 Å². The second kappa shape index (κ2) is 5.61. The zero-order chi connectivity index (χ0) is 14.8. The number of fused-ring (bicyclic) bond motifs is 1. The van der Waals surface area contributed by atoms with Crippen molar-refractivity contribution in [2.24, 2.45) is 0 Å². The molecule has 1 unspecified atom stereocenters. The van der Waals surface area contributed by atoms with E-state index in [0.29, 0.717) is 18.8 Å². The Labute approximate surface area is 119 Å². The molecule has 0 aliphatic carbocycles. The highest BCUT2D eigenvalue weighted by Gasteiger charge is 2.25. The summed E-state index contributed by atoms with van der Waals surface area (Å²) >= 11 is 0. The molecule has 1 amide bonds. The standard InChI is InChI=1S/C15H22N2O3/c1-15(2,3)20-14(18)17-9-10-7-8-19-12-6-4-5-11(16)13(10)12/h4-6,10H,7-9,16H2,1-3H3,(H,17,18). The van der Waals surface area contributed by atoms with Gasteiger partial charge in [-0.25, -0.2) is 4.79 Å². The molecule has 1 heterocycles. The first kappa shape index (κ1) is 14.5. The van der Waals surface area contributed by atoms with E-state index in [1.807, 2.05) is 39.0 Å². The summed E-state index contributed by atoms with van der Waals surface area (Å²) in [4.78, 5) is 11.7. The molecule has 3 N–H and O–H groups in total. The molecule has 0 bridgehead atoms. The zero-order valence-electron chi connectivity index (χ0n) is 12.2. The molecular weight excluding hydrogens is 256 g/mol. The number of hydrogen-bond donors (Lipinski definition) is 2. The maximum absolute atomic E-state index is 11.7. The first-order chi connectivity index (χ1) is 9.37. The Morgan fingerprint density at radius 2 is 2.25 bits per heavy atom. The topological polar surface area (TPSA) is 73.6 Å². The lowest BCUT2D eigenvalue weighted by Crippen LogP contribution is -2.36. The molecule has 2 rings (SSSR count). The van der Waals surface area contributed by atoms with Crippen LogP contribution in [0.15, 0.2) is 18.2 Å². The highest BCUT2D eigenvalue weighted by atomic mass is 16.6. The van der Waals surface area contributed by atoms with Crippen molar-refractivity contribution >= 4 is 11.8 Å². The number of nitrogens with two attached hydrogens (primary N) is 1. The van der Waals surface area contributed by atoms with Gasteiger partial charge in [0.05, 0.1) is 6.61 Å². The van der Waals surface area contributed by atoms with E-state index in [4.69, 9.17) is 15.2 Å². The smallest absolute Gasteiger partial charge is 0.407 e. The first-order valence-corrected chi connectivity index (χ1v) is 6.85. The van der Waals surface area contributed by atoms with Crippen molar-refractivity contribution in [3.8, 4) is 5.75 Å². The van der Waals surface area contributed by atoms with Crippen LogP contribution >= 0.6 is 0 Å². The molecule has 5 heteroatoms. The summed E-state index contributed by atoms with van der Waals surface area (Å²) in [6, 6.07) is 5.64. The molecule has 1 aromatic rings. The molecule has 110 valence electrons. The Balaban J connectivity index is 2.01. The fourth-order valence-electron chi connectivity index (χ4n) is 2.30. The third-order valence-corrected chi connectivity index (χ3v) is 3.12. The van der Waals surface area contributed by atoms with Crippen LogP contribution in [-0.2, 0) is 4.74 Å². The average molecular weight is 278 g/mol. The Morgan fingerprint density at radius 1 is 1.50 bits per heavy atom. The Bertz CT molecular complexity index is 494. The van der Waals surface area contributed by atoms with Crippen LogP contribution in [0.25, 0.3) is 0 Å². The van der Waals surface area contributed by atoms with Gasteiger partial charge in [-0.15, -0.1) is 0 Å². The Morgan fingerprint density at radius 3 is 2.95 bits per heavy atom. The first-order valence-electron chi connectivity index (χ1n) is 6.85. The summed E-state index contributed by atoms with van der Waals surface area (Å²) in [6.45, 7) is 6.66. The summed E-state index contributed by atoms with van der Waals surface area (Å²) in [6.07, 6.45) is 0.428. The lowest BCUT2D eigenvalue weighted by molar-refractivity contribution is 0.0521. The van der Waals surface area contributed by atoms with Crippen molar-refractivity contribution in [1.29, 1.82) is 0 Å². The number of benzene rings is 1. The Kier molecular flexibility index (Phi) is 4.06. The van der Waals surface area contributed by atoms with Crippen molar-refractivity contribution < 1.29 is 14.3 Å². The summed E-state index contributed by atoms with van der Waals surface area (Å²) < 4.78 is 10.8. The van der Waals surface area contributed by atoms with Gasteiger partial charge in [-0.3, -0.25) is 0 Å². The monoisotopic (exact) mass is 278 g/mol. The van der Waals surface area contributed by atoms with E-state index in [1.165, 1.54) is 0 Å². The van der Waals surface area contributed by atoms with Crippen LogP contribution in [0.4, 0.5) is 10.5 Å². The van der Waals surface area contributed by atoms with E-state index in [-0.39, 0.29) is 5.92 Å². The lowest BCUT2D eigenvalue weighted by atomic mass is 9.91. The normalized spacial score (nSPS) is 17.9. The van der Waals surface area contributed by atoms with Gasteiger partial charge in [0.1, 0.15) is 11.4 Å². The van der Waals surface area contributed by atoms with E-state index in [2.05, 4.69) is 5.32 Å². The van der Waals surface area contributed by atoms with Crippen molar-refractivity contribution in [3.63, 3.8) is 0 Å². The molecular formula is C15H22N2O3. The van der Waals surface area contributed by atoms with Crippen LogP contribution < -0.4 is 15.8 Å². The molecule has 0 saturated heterocycles. The number of amides is 1. The fourth-order valence-corrected chi connectivity index (χ4v) is 2.30. The number of alkyl carbamates (subject to hydrolysis) is 1. The minimum absolute atomic E-state index is 0.160. The summed E-state index contributed by atoms with van der Waals surface area (Å²) in [5, 5.41) is 2.80. The molecule has 1 atom stereocenters. The molecule has 1 aromatic carbocycles. The largest absolute Gasteiger partial charge is 0.493 e. The van der Waals surface area contributed by atoms with Crippen molar-refractivity contribution in [2.75, 3.05) is 18.9 Å². The van der Waals surface area contributed by atoms with Crippen molar-refractivity contribution in [3.05, 3.63) is 23.8 Å². The summed E-state index contributed by atoms with van der Waals surface area (Å²) in [7, 11) is 0. The van der Waals surface area contributed by atoms with Crippen LogP contribution in [-0.4, -0.2) is 24.8 Å². The highest BCUT2D eigenvalue weighted by molar-refractivity contribution is 5.68. The van der Waals surface area contributed by atoms with E-state index < -0.39 is 11.7 Å². The molecule has 0 aromatic heterocycles. The number of anilines is 1. The van der Waals surface area contributed by atoms with Gasteiger partial charge in [-0.2, -0.15) is 0 Å². The van der Waals surface area contributed by atoms with Gasteiger partial charge in [0.15, 0.2) is 0 Å². The third kappa shape index (κ3) is 3.56. The zero-order valence-corrected chi connectivity index (χ0v) is 12.2. The summed E-state index contributed by atoms with van der Waals surface area (Å²) in [5.74, 6) is 0.972. The van der Waals surface area contributed by atoms with E-state index in [0.717, 1.165) is 17.7 Å². The average Bonchev–Trinajstić information content (AvgIpc) is 2.34. The maximum Gasteiger partial charge on any atom is 0.407 e. The molecule has 5 nitrogen and oxygen atoms in total. The van der Waals surface area contributed by atoms with Gasteiger partial charge >= 0.3 is 6.09 Å². The lowest BCUT2D eigenvalue weighted by Gasteiger charge is -2.28. The van der Waals surface area contributed by atoms with E-state index >= 15 is 0 Å². The second-order valence-electron chi connectivity index (χ2n) is 5.98. The van der Waals surface area contributed by atoms with Crippen molar-refractivity contribution in [2.45, 2.75) is 38.7 Å². The van der Waals surface area contributed by atoms with Crippen molar-refractivity contribution in [1.82, 2.24) is 5.32 Å². The number of carbonyl (C=O) groups excluding carboxylic acids is 1. The molecule has 0 radical (unpaired) electrons. The predicted molar refractivity (Wildman–Crippen MR) is 77.9 cm³/mol. The molecule has 0 saturated carbocycles. The quantitative estimate of drug-likeness (QED) is 0.816. The number of hydrogen-bond acceptors (Lipinski definition) is 4.